The van der Waals surface area contributed by atoms with Crippen molar-refractivity contribution in [3.05, 3.63) is 69.7 Å². The summed E-state index contributed by atoms with van der Waals surface area (Å²) in [4.78, 5) is 12.2. The maximum Gasteiger partial charge on any atom is 0.200 e. The van der Waals surface area contributed by atoms with Crippen LogP contribution in [-0.2, 0) is 0 Å². The first-order chi connectivity index (χ1) is 11.6. The zero-order valence-corrected chi connectivity index (χ0v) is 15.2. The predicted molar refractivity (Wildman–Crippen MR) is 99.5 cm³/mol. The van der Waals surface area contributed by atoms with Crippen LogP contribution in [0.1, 0.15) is 10.4 Å². The monoisotopic (exact) mass is 404 g/mol. The van der Waals surface area contributed by atoms with Crippen LogP contribution in [0.2, 0.25) is 5.02 Å². The Kier molecular flexibility index (Phi) is 5.07. The van der Waals surface area contributed by atoms with Gasteiger partial charge < -0.3 is 9.47 Å². The van der Waals surface area contributed by atoms with Crippen molar-refractivity contribution in [2.75, 3.05) is 13.7 Å². The first-order valence-electron chi connectivity index (χ1n) is 7.25. The van der Waals surface area contributed by atoms with Crippen molar-refractivity contribution in [1.29, 1.82) is 0 Å². The number of hydrogen-bond donors (Lipinski definition) is 0. The fraction of sp³-hybridized carbons (Fsp3) is 0.105. The molecule has 0 radical (unpaired) electrons. The molecule has 0 aliphatic rings. The zero-order chi connectivity index (χ0) is 17.1. The van der Waals surface area contributed by atoms with Crippen LogP contribution in [0.15, 0.2) is 59.1 Å². The standard InChI is InChI=1S/C19H14BrClO3/c1-23-19-7-4-14(10-17(19)21)18(22)11-24-16-6-3-12-8-15(20)5-2-13(12)9-16/h2-10H,11H2,1H3. The van der Waals surface area contributed by atoms with Gasteiger partial charge in [0.1, 0.15) is 11.5 Å². The molecule has 0 heterocycles. The van der Waals surface area contributed by atoms with Gasteiger partial charge >= 0.3 is 0 Å². The fourth-order valence-electron chi connectivity index (χ4n) is 2.36. The van der Waals surface area contributed by atoms with Crippen molar-refractivity contribution in [3.8, 4) is 11.5 Å². The van der Waals surface area contributed by atoms with Crippen molar-refractivity contribution in [3.63, 3.8) is 0 Å². The van der Waals surface area contributed by atoms with E-state index in [0.29, 0.717) is 22.1 Å². The Balaban J connectivity index is 1.72. The molecule has 0 fully saturated rings. The molecule has 0 aliphatic heterocycles. The summed E-state index contributed by atoms with van der Waals surface area (Å²) in [5.41, 5.74) is 0.491. The van der Waals surface area contributed by atoms with E-state index < -0.39 is 0 Å². The molecule has 0 bridgehead atoms. The number of fused-ring (bicyclic) bond motifs is 1. The molecule has 0 saturated carbocycles. The van der Waals surface area contributed by atoms with Crippen LogP contribution in [0.3, 0.4) is 0 Å². The van der Waals surface area contributed by atoms with E-state index in [-0.39, 0.29) is 12.4 Å². The van der Waals surface area contributed by atoms with Crippen LogP contribution < -0.4 is 9.47 Å². The predicted octanol–water partition coefficient (Wildman–Crippen LogP) is 5.53. The molecule has 0 aliphatic carbocycles. The first-order valence-corrected chi connectivity index (χ1v) is 8.43. The van der Waals surface area contributed by atoms with Gasteiger partial charge in [0.2, 0.25) is 0 Å². The molecule has 5 heteroatoms. The molecule has 0 spiro atoms. The van der Waals surface area contributed by atoms with Crippen LogP contribution in [0.4, 0.5) is 0 Å². The highest BCUT2D eigenvalue weighted by molar-refractivity contribution is 9.10. The average Bonchev–Trinajstić information content (AvgIpc) is 2.59. The van der Waals surface area contributed by atoms with Crippen molar-refractivity contribution >= 4 is 44.1 Å². The third-order valence-electron chi connectivity index (χ3n) is 3.62. The number of carbonyl (C=O) groups is 1. The Morgan fingerprint density at radius 3 is 2.54 bits per heavy atom. The van der Waals surface area contributed by atoms with Gasteiger partial charge in [0.15, 0.2) is 12.4 Å². The topological polar surface area (TPSA) is 35.5 Å². The third kappa shape index (κ3) is 3.71. The summed E-state index contributed by atoms with van der Waals surface area (Å²) in [6, 6.07) is 16.7. The molecule has 24 heavy (non-hydrogen) atoms. The van der Waals surface area contributed by atoms with Gasteiger partial charge in [-0.3, -0.25) is 4.79 Å². The van der Waals surface area contributed by atoms with Gasteiger partial charge in [-0.2, -0.15) is 0 Å². The van der Waals surface area contributed by atoms with Gasteiger partial charge in [0.05, 0.1) is 12.1 Å². The number of carbonyl (C=O) groups excluding carboxylic acids is 1. The smallest absolute Gasteiger partial charge is 0.200 e. The molecule has 0 N–H and O–H groups in total. The van der Waals surface area contributed by atoms with E-state index in [1.54, 1.807) is 18.2 Å². The number of benzene rings is 3. The van der Waals surface area contributed by atoms with Crippen LogP contribution >= 0.6 is 27.5 Å². The highest BCUT2D eigenvalue weighted by Gasteiger charge is 2.10. The quantitative estimate of drug-likeness (QED) is 0.524. The number of ketones is 1. The normalized spacial score (nSPS) is 10.6. The van der Waals surface area contributed by atoms with Crippen molar-refractivity contribution in [1.82, 2.24) is 0 Å². The Morgan fingerprint density at radius 1 is 1.04 bits per heavy atom. The summed E-state index contributed by atoms with van der Waals surface area (Å²) in [7, 11) is 1.53. The number of halogens is 2. The van der Waals surface area contributed by atoms with Crippen LogP contribution in [0.25, 0.3) is 10.8 Å². The number of ether oxygens (including phenoxy) is 2. The number of hydrogen-bond acceptors (Lipinski definition) is 3. The SMILES string of the molecule is COc1ccc(C(=O)COc2ccc3cc(Br)ccc3c2)cc1Cl. The van der Waals surface area contributed by atoms with Crippen LogP contribution in [-0.4, -0.2) is 19.5 Å². The van der Waals surface area contributed by atoms with Crippen molar-refractivity contribution in [2.24, 2.45) is 0 Å². The minimum atomic E-state index is -0.143. The number of rotatable bonds is 5. The second-order valence-corrected chi connectivity index (χ2v) is 6.54. The van der Waals surface area contributed by atoms with Crippen molar-refractivity contribution < 1.29 is 14.3 Å². The van der Waals surface area contributed by atoms with Gasteiger partial charge in [-0.05, 0) is 53.2 Å². The van der Waals surface area contributed by atoms with Crippen LogP contribution in [0.5, 0.6) is 11.5 Å². The summed E-state index contributed by atoms with van der Waals surface area (Å²) >= 11 is 9.49. The zero-order valence-electron chi connectivity index (χ0n) is 12.9. The molecule has 0 amide bonds. The summed E-state index contributed by atoms with van der Waals surface area (Å²) in [5, 5.41) is 2.56. The summed E-state index contributed by atoms with van der Waals surface area (Å²) in [6.07, 6.45) is 0. The average molecular weight is 406 g/mol. The van der Waals surface area contributed by atoms with Gasteiger partial charge in [-0.15, -0.1) is 0 Å². The maximum atomic E-state index is 12.2. The van der Waals surface area contributed by atoms with E-state index in [0.717, 1.165) is 15.2 Å². The lowest BCUT2D eigenvalue weighted by Crippen LogP contribution is -2.11. The van der Waals surface area contributed by atoms with E-state index >= 15 is 0 Å². The van der Waals surface area contributed by atoms with Crippen molar-refractivity contribution in [2.45, 2.75) is 0 Å². The van der Waals surface area contributed by atoms with Crippen LogP contribution in [0, 0.1) is 0 Å². The minimum Gasteiger partial charge on any atom is -0.495 e. The summed E-state index contributed by atoms with van der Waals surface area (Å²) in [6.45, 7) is -0.0509. The molecule has 3 aromatic carbocycles. The molecular weight excluding hydrogens is 392 g/mol. The lowest BCUT2D eigenvalue weighted by atomic mass is 10.1. The Morgan fingerprint density at radius 2 is 1.79 bits per heavy atom. The lowest BCUT2D eigenvalue weighted by molar-refractivity contribution is 0.0921. The molecule has 0 aromatic heterocycles. The molecule has 122 valence electrons. The minimum absolute atomic E-state index is 0.0509. The second-order valence-electron chi connectivity index (χ2n) is 5.21. The van der Waals surface area contributed by atoms with E-state index in [2.05, 4.69) is 15.9 Å². The van der Waals surface area contributed by atoms with Gasteiger partial charge in [-0.1, -0.05) is 39.7 Å². The molecule has 3 aromatic rings. The molecule has 0 unspecified atom stereocenters. The first kappa shape index (κ1) is 16.8. The maximum absolute atomic E-state index is 12.2. The van der Waals surface area contributed by atoms with E-state index in [1.165, 1.54) is 7.11 Å². The summed E-state index contributed by atoms with van der Waals surface area (Å²) in [5.74, 6) is 1.04. The van der Waals surface area contributed by atoms with Gasteiger partial charge in [0.25, 0.3) is 0 Å². The fourth-order valence-corrected chi connectivity index (χ4v) is 2.99. The molecule has 3 nitrogen and oxygen atoms in total. The number of Topliss-reactive ketones (excluding diaryl/α,β-unsaturated/α-hetero) is 1. The number of methoxy groups -OCH3 is 1. The second kappa shape index (κ2) is 7.24. The van der Waals surface area contributed by atoms with E-state index in [4.69, 9.17) is 21.1 Å². The largest absolute Gasteiger partial charge is 0.495 e. The van der Waals surface area contributed by atoms with Gasteiger partial charge in [-0.25, -0.2) is 0 Å². The van der Waals surface area contributed by atoms with E-state index in [1.807, 2.05) is 36.4 Å². The molecule has 3 rings (SSSR count). The van der Waals surface area contributed by atoms with E-state index in [9.17, 15) is 4.79 Å². The molecule has 0 atom stereocenters. The summed E-state index contributed by atoms with van der Waals surface area (Å²) < 4.78 is 11.7. The Bertz CT molecular complexity index is 908. The molecule has 0 saturated heterocycles. The lowest BCUT2D eigenvalue weighted by Gasteiger charge is -2.08. The highest BCUT2D eigenvalue weighted by atomic mass is 79.9. The van der Waals surface area contributed by atoms with Gasteiger partial charge in [0, 0.05) is 10.0 Å². The molecular formula is C19H14BrClO3. The Labute approximate surface area is 153 Å². The Hall–Kier alpha value is -2.04. The highest BCUT2D eigenvalue weighted by Crippen LogP contribution is 2.26. The third-order valence-corrected chi connectivity index (χ3v) is 4.41.